The van der Waals surface area contributed by atoms with E-state index < -0.39 is 0 Å². The van der Waals surface area contributed by atoms with Crippen LogP contribution in [0.25, 0.3) is 22.3 Å². The second kappa shape index (κ2) is 11.3. The monoisotopic (exact) mass is 521 g/mol. The summed E-state index contributed by atoms with van der Waals surface area (Å²) in [5.41, 5.74) is 4.68. The molecule has 1 aliphatic heterocycles. The van der Waals surface area contributed by atoms with E-state index in [4.69, 9.17) is 9.72 Å². The summed E-state index contributed by atoms with van der Waals surface area (Å²) in [6.07, 6.45) is 5.97. The van der Waals surface area contributed by atoms with Gasteiger partial charge in [0.25, 0.3) is 0 Å². The van der Waals surface area contributed by atoms with Crippen molar-refractivity contribution in [2.45, 2.75) is 19.4 Å². The third-order valence-corrected chi connectivity index (χ3v) is 6.70. The summed E-state index contributed by atoms with van der Waals surface area (Å²) in [5.74, 6) is 3.54. The molecule has 10 nitrogen and oxygen atoms in total. The van der Waals surface area contributed by atoms with Crippen LogP contribution < -0.4 is 20.7 Å². The number of aromatic amines is 1. The van der Waals surface area contributed by atoms with E-state index in [-0.39, 0.29) is 12.4 Å². The van der Waals surface area contributed by atoms with Crippen molar-refractivity contribution >= 4 is 41.0 Å². The number of rotatable bonds is 9. The largest absolute Gasteiger partial charge is 0.491 e. The van der Waals surface area contributed by atoms with Gasteiger partial charge in [-0.15, -0.1) is 12.4 Å². The number of benzene rings is 1. The molecule has 4 heterocycles. The Morgan fingerprint density at radius 1 is 1.08 bits per heavy atom. The first-order chi connectivity index (χ1) is 17.7. The Balaban J connectivity index is 0.00000280. The molecule has 11 heteroatoms. The van der Waals surface area contributed by atoms with Crippen molar-refractivity contribution in [3.8, 4) is 17.0 Å². The first kappa shape index (κ1) is 25.2. The molecule has 0 radical (unpaired) electrons. The third kappa shape index (κ3) is 5.93. The molecule has 1 saturated heterocycles. The number of piperazine rings is 1. The first-order valence-electron chi connectivity index (χ1n) is 12.5. The molecule has 194 valence electrons. The quantitative estimate of drug-likeness (QED) is 0.261. The zero-order valence-electron chi connectivity index (χ0n) is 20.8. The van der Waals surface area contributed by atoms with E-state index in [0.717, 1.165) is 79.1 Å². The molecule has 4 aromatic rings. The molecule has 0 amide bonds. The number of H-pyrrole nitrogens is 1. The van der Waals surface area contributed by atoms with Gasteiger partial charge in [0.1, 0.15) is 17.8 Å². The highest BCUT2D eigenvalue weighted by molar-refractivity contribution is 5.86. The fourth-order valence-corrected chi connectivity index (χ4v) is 4.57. The number of ether oxygens (including phenoxy) is 1. The number of nitrogens with zero attached hydrogens (tertiary/aromatic N) is 5. The van der Waals surface area contributed by atoms with Crippen molar-refractivity contribution < 1.29 is 4.74 Å². The molecule has 3 aromatic heterocycles. The Hall–Kier alpha value is -3.47. The maximum Gasteiger partial charge on any atom is 0.206 e. The fraction of sp³-hybridized carbons (Fsp3) is 0.385. The van der Waals surface area contributed by atoms with Crippen molar-refractivity contribution in [1.82, 2.24) is 35.1 Å². The van der Waals surface area contributed by atoms with E-state index in [0.29, 0.717) is 11.7 Å². The van der Waals surface area contributed by atoms with E-state index in [1.807, 2.05) is 24.4 Å². The second-order valence-corrected chi connectivity index (χ2v) is 9.45. The third-order valence-electron chi connectivity index (χ3n) is 6.70. The predicted molar refractivity (Wildman–Crippen MR) is 148 cm³/mol. The van der Waals surface area contributed by atoms with Gasteiger partial charge >= 0.3 is 0 Å². The molecule has 6 rings (SSSR count). The zero-order valence-corrected chi connectivity index (χ0v) is 21.6. The number of hydrogen-bond acceptors (Lipinski definition) is 9. The van der Waals surface area contributed by atoms with Crippen LogP contribution in [0.4, 0.5) is 17.6 Å². The molecule has 1 saturated carbocycles. The lowest BCUT2D eigenvalue weighted by atomic mass is 10.1. The number of pyridine rings is 1. The maximum atomic E-state index is 5.70. The van der Waals surface area contributed by atoms with E-state index in [9.17, 15) is 0 Å². The maximum absolute atomic E-state index is 5.70. The number of fused-ring (bicyclic) bond motifs is 1. The summed E-state index contributed by atoms with van der Waals surface area (Å²) in [6, 6.07) is 10.2. The highest BCUT2D eigenvalue weighted by Crippen LogP contribution is 2.36. The Morgan fingerprint density at radius 2 is 1.95 bits per heavy atom. The minimum Gasteiger partial charge on any atom is -0.491 e. The predicted octanol–water partition coefficient (Wildman–Crippen LogP) is 3.82. The average Bonchev–Trinajstić information content (AvgIpc) is 3.65. The van der Waals surface area contributed by atoms with E-state index in [1.165, 1.54) is 18.4 Å². The van der Waals surface area contributed by atoms with Gasteiger partial charge in [-0.25, -0.2) is 19.9 Å². The molecular weight excluding hydrogens is 490 g/mol. The SMILES string of the molecule is COc1c(NCC2CC2)ncnc1-c1ccc2nc(Nc3cc(CN4CCNCC4)ccn3)[nH]c2c1.Cl. The van der Waals surface area contributed by atoms with E-state index in [1.54, 1.807) is 13.4 Å². The lowest BCUT2D eigenvalue weighted by molar-refractivity contribution is 0.233. The molecule has 2 aliphatic rings. The molecule has 0 bridgehead atoms. The number of nitrogens with one attached hydrogen (secondary N) is 4. The van der Waals surface area contributed by atoms with Crippen LogP contribution in [0.5, 0.6) is 5.75 Å². The molecule has 0 spiro atoms. The minimum absolute atomic E-state index is 0. The summed E-state index contributed by atoms with van der Waals surface area (Å²) >= 11 is 0. The van der Waals surface area contributed by atoms with Gasteiger partial charge < -0.3 is 25.7 Å². The van der Waals surface area contributed by atoms with Crippen molar-refractivity contribution in [1.29, 1.82) is 0 Å². The topological polar surface area (TPSA) is 116 Å². The molecule has 0 atom stereocenters. The smallest absolute Gasteiger partial charge is 0.206 e. The number of imidazole rings is 1. The summed E-state index contributed by atoms with van der Waals surface area (Å²) < 4.78 is 5.70. The Bertz CT molecular complexity index is 1350. The lowest BCUT2D eigenvalue weighted by Crippen LogP contribution is -2.42. The average molecular weight is 522 g/mol. The van der Waals surface area contributed by atoms with Gasteiger partial charge in [0, 0.05) is 51.0 Å². The van der Waals surface area contributed by atoms with Crippen molar-refractivity contribution in [2.75, 3.05) is 50.5 Å². The molecule has 4 N–H and O–H groups in total. The molecule has 0 unspecified atom stereocenters. The van der Waals surface area contributed by atoms with Gasteiger partial charge in [0.15, 0.2) is 11.6 Å². The molecule has 37 heavy (non-hydrogen) atoms. The number of anilines is 3. The van der Waals surface area contributed by atoms with Crippen LogP contribution in [-0.2, 0) is 6.54 Å². The van der Waals surface area contributed by atoms with Crippen LogP contribution >= 0.6 is 12.4 Å². The highest BCUT2D eigenvalue weighted by atomic mass is 35.5. The second-order valence-electron chi connectivity index (χ2n) is 9.45. The van der Waals surface area contributed by atoms with Gasteiger partial charge in [-0.1, -0.05) is 6.07 Å². The fourth-order valence-electron chi connectivity index (χ4n) is 4.57. The van der Waals surface area contributed by atoms with Gasteiger partial charge in [-0.3, -0.25) is 4.90 Å². The summed E-state index contributed by atoms with van der Waals surface area (Å²) in [5, 5.41) is 10.1. The van der Waals surface area contributed by atoms with Gasteiger partial charge in [-0.05, 0) is 48.6 Å². The van der Waals surface area contributed by atoms with Crippen LogP contribution in [0.1, 0.15) is 18.4 Å². The van der Waals surface area contributed by atoms with Gasteiger partial charge in [0.05, 0.1) is 18.1 Å². The van der Waals surface area contributed by atoms with E-state index in [2.05, 4.69) is 52.9 Å². The Labute approximate surface area is 222 Å². The van der Waals surface area contributed by atoms with Crippen LogP contribution in [0.3, 0.4) is 0 Å². The van der Waals surface area contributed by atoms with Gasteiger partial charge in [0.2, 0.25) is 5.95 Å². The van der Waals surface area contributed by atoms with Crippen molar-refractivity contribution in [3.63, 3.8) is 0 Å². The van der Waals surface area contributed by atoms with Crippen molar-refractivity contribution in [2.24, 2.45) is 5.92 Å². The standard InChI is InChI=1S/C26H31N9O.ClH/c1-36-24-23(30-16-31-25(24)29-14-17-2-3-17)19-4-5-20-21(13-19)33-26(32-20)34-22-12-18(6-7-28-22)15-35-10-8-27-9-11-35;/h4-7,12-13,16-17,27H,2-3,8-11,14-15H2,1H3,(H,29,30,31)(H2,28,32,33,34);1H. The van der Waals surface area contributed by atoms with Gasteiger partial charge in [-0.2, -0.15) is 0 Å². The highest BCUT2D eigenvalue weighted by Gasteiger charge is 2.22. The molecule has 1 aromatic carbocycles. The normalized spacial score (nSPS) is 15.8. The number of methoxy groups -OCH3 is 1. The van der Waals surface area contributed by atoms with Crippen LogP contribution in [-0.4, -0.2) is 69.7 Å². The molecule has 2 fully saturated rings. The first-order valence-corrected chi connectivity index (χ1v) is 12.5. The summed E-state index contributed by atoms with van der Waals surface area (Å²) in [4.78, 5) is 23.9. The van der Waals surface area contributed by atoms with Crippen LogP contribution in [0, 0.1) is 5.92 Å². The molecular formula is C26H32ClN9O. The number of halogens is 1. The van der Waals surface area contributed by atoms with E-state index >= 15 is 0 Å². The van der Waals surface area contributed by atoms with Crippen molar-refractivity contribution in [3.05, 3.63) is 48.4 Å². The Morgan fingerprint density at radius 3 is 2.76 bits per heavy atom. The van der Waals surface area contributed by atoms with Crippen LogP contribution in [0.15, 0.2) is 42.9 Å². The summed E-state index contributed by atoms with van der Waals surface area (Å²) in [7, 11) is 1.66. The summed E-state index contributed by atoms with van der Waals surface area (Å²) in [6.45, 7) is 6.03. The molecule has 1 aliphatic carbocycles. The zero-order chi connectivity index (χ0) is 24.3. The lowest BCUT2D eigenvalue weighted by Gasteiger charge is -2.27. The minimum atomic E-state index is 0. The number of aromatic nitrogens is 5. The number of hydrogen-bond donors (Lipinski definition) is 4. The van der Waals surface area contributed by atoms with Crippen LogP contribution in [0.2, 0.25) is 0 Å². The Kier molecular flexibility index (Phi) is 7.68.